The molecule has 0 spiro atoms. The smallest absolute Gasteiger partial charge is 0.408 e. The minimum atomic E-state index is -1.09. The molecule has 0 fully saturated rings. The van der Waals surface area contributed by atoms with E-state index in [1.807, 2.05) is 16.8 Å². The Balaban J connectivity index is 2.41. The van der Waals surface area contributed by atoms with Crippen LogP contribution in [0.1, 0.15) is 32.4 Å². The monoisotopic (exact) mass is 346 g/mol. The van der Waals surface area contributed by atoms with E-state index < -0.39 is 23.7 Å². The molecule has 124 valence electrons. The van der Waals surface area contributed by atoms with Gasteiger partial charge in [-0.1, -0.05) is 0 Å². The highest BCUT2D eigenvalue weighted by Crippen LogP contribution is 2.19. The fourth-order valence-corrected chi connectivity index (χ4v) is 3.29. The third-order valence-electron chi connectivity index (χ3n) is 2.54. The average molecular weight is 346 g/mol. The molecule has 0 bridgehead atoms. The fraction of sp³-hybridized carbons (Fsp3) is 0.571. The summed E-state index contributed by atoms with van der Waals surface area (Å²) in [5.74, 6) is -0.286. The number of carboxylic acid groups (broad SMARTS) is 1. The molecule has 0 saturated heterocycles. The van der Waals surface area contributed by atoms with Gasteiger partial charge < -0.3 is 20.9 Å². The molecule has 1 aromatic heterocycles. The molecule has 0 aliphatic heterocycles. The van der Waals surface area contributed by atoms with Crippen LogP contribution in [0.2, 0.25) is 0 Å². The second-order valence-corrected chi connectivity index (χ2v) is 7.59. The van der Waals surface area contributed by atoms with E-state index in [1.54, 1.807) is 32.1 Å². The van der Waals surface area contributed by atoms with Crippen LogP contribution < -0.4 is 11.1 Å². The number of nitrogens with one attached hydrogen (secondary N) is 1. The molecule has 1 amide bonds. The SMILES string of the molecule is CC(C)(C)OC(=O)N[C@@H](CSCC(N)c1ccsc1)C(=O)O. The summed E-state index contributed by atoms with van der Waals surface area (Å²) in [6.07, 6.45) is -0.734. The van der Waals surface area contributed by atoms with Crippen molar-refractivity contribution in [3.63, 3.8) is 0 Å². The molecule has 0 aliphatic rings. The van der Waals surface area contributed by atoms with Gasteiger partial charge in [0.25, 0.3) is 0 Å². The van der Waals surface area contributed by atoms with Gasteiger partial charge in [0.1, 0.15) is 11.6 Å². The number of nitrogens with two attached hydrogens (primary N) is 1. The minimum Gasteiger partial charge on any atom is -0.480 e. The van der Waals surface area contributed by atoms with Crippen molar-refractivity contribution in [2.24, 2.45) is 5.73 Å². The van der Waals surface area contributed by atoms with E-state index in [9.17, 15) is 9.59 Å². The number of thiophene rings is 1. The topological polar surface area (TPSA) is 102 Å². The predicted molar refractivity (Wildman–Crippen MR) is 89.4 cm³/mol. The molecular weight excluding hydrogens is 324 g/mol. The summed E-state index contributed by atoms with van der Waals surface area (Å²) < 4.78 is 5.06. The number of hydrogen-bond acceptors (Lipinski definition) is 6. The van der Waals surface area contributed by atoms with Crippen molar-refractivity contribution in [1.82, 2.24) is 5.32 Å². The summed E-state index contributed by atoms with van der Waals surface area (Å²) in [6.45, 7) is 5.16. The van der Waals surface area contributed by atoms with Gasteiger partial charge in [0.05, 0.1) is 0 Å². The summed E-state index contributed by atoms with van der Waals surface area (Å²) in [4.78, 5) is 22.8. The Hall–Kier alpha value is -1.25. The predicted octanol–water partition coefficient (Wildman–Crippen LogP) is 2.46. The van der Waals surface area contributed by atoms with Crippen molar-refractivity contribution in [1.29, 1.82) is 0 Å². The van der Waals surface area contributed by atoms with E-state index in [4.69, 9.17) is 15.6 Å². The first-order valence-corrected chi connectivity index (χ1v) is 8.86. The summed E-state index contributed by atoms with van der Waals surface area (Å²) in [6, 6.07) is 0.797. The van der Waals surface area contributed by atoms with Gasteiger partial charge in [-0.2, -0.15) is 23.1 Å². The van der Waals surface area contributed by atoms with E-state index in [0.717, 1.165) is 5.56 Å². The number of ether oxygens (including phenoxy) is 1. The Kier molecular flexibility index (Phi) is 7.18. The van der Waals surface area contributed by atoms with Crippen LogP contribution >= 0.6 is 23.1 Å². The second-order valence-electron chi connectivity index (χ2n) is 5.74. The Morgan fingerprint density at radius 1 is 1.45 bits per heavy atom. The lowest BCUT2D eigenvalue weighted by Gasteiger charge is -2.22. The fourth-order valence-electron chi connectivity index (χ4n) is 1.52. The van der Waals surface area contributed by atoms with Crippen molar-refractivity contribution in [2.45, 2.75) is 38.5 Å². The van der Waals surface area contributed by atoms with Gasteiger partial charge >= 0.3 is 12.1 Å². The Morgan fingerprint density at radius 2 is 2.14 bits per heavy atom. The van der Waals surface area contributed by atoms with E-state index in [-0.39, 0.29) is 11.8 Å². The van der Waals surface area contributed by atoms with Crippen LogP contribution in [0.15, 0.2) is 16.8 Å². The van der Waals surface area contributed by atoms with Crippen LogP contribution in [0.3, 0.4) is 0 Å². The van der Waals surface area contributed by atoms with Crippen LogP contribution in [0.4, 0.5) is 4.79 Å². The third-order valence-corrected chi connectivity index (χ3v) is 4.41. The summed E-state index contributed by atoms with van der Waals surface area (Å²) in [5, 5.41) is 15.4. The van der Waals surface area contributed by atoms with Gasteiger partial charge in [-0.25, -0.2) is 9.59 Å². The molecule has 0 saturated carbocycles. The molecule has 0 aliphatic carbocycles. The van der Waals surface area contributed by atoms with Crippen LogP contribution in [0.5, 0.6) is 0 Å². The molecular formula is C14H22N2O4S2. The first-order chi connectivity index (χ1) is 10.2. The van der Waals surface area contributed by atoms with Crippen molar-refractivity contribution < 1.29 is 19.4 Å². The Labute approximate surface area is 138 Å². The molecule has 8 heteroatoms. The van der Waals surface area contributed by atoms with Crippen LogP contribution in [-0.4, -0.2) is 40.3 Å². The van der Waals surface area contributed by atoms with Gasteiger partial charge in [0.2, 0.25) is 0 Å². The normalized spacial score (nSPS) is 14.2. The number of amides is 1. The lowest BCUT2D eigenvalue weighted by molar-refractivity contribution is -0.138. The zero-order valence-electron chi connectivity index (χ0n) is 12.9. The third kappa shape index (κ3) is 7.15. The molecule has 1 aromatic rings. The van der Waals surface area contributed by atoms with Gasteiger partial charge in [-0.15, -0.1) is 0 Å². The summed E-state index contributed by atoms with van der Waals surface area (Å²) in [5.41, 5.74) is 6.38. The average Bonchev–Trinajstić information content (AvgIpc) is 2.88. The number of thioether (sulfide) groups is 1. The molecule has 0 aromatic carbocycles. The number of carboxylic acids is 1. The molecule has 2 atom stereocenters. The van der Waals surface area contributed by atoms with Crippen molar-refractivity contribution in [3.8, 4) is 0 Å². The number of alkyl carbamates (subject to hydrolysis) is 1. The molecule has 1 rings (SSSR count). The Morgan fingerprint density at radius 3 is 2.64 bits per heavy atom. The number of rotatable bonds is 7. The van der Waals surface area contributed by atoms with Crippen molar-refractivity contribution in [3.05, 3.63) is 22.4 Å². The maximum absolute atomic E-state index is 11.6. The van der Waals surface area contributed by atoms with Gasteiger partial charge in [0, 0.05) is 17.5 Å². The second kappa shape index (κ2) is 8.40. The lowest BCUT2D eigenvalue weighted by Crippen LogP contribution is -2.45. The van der Waals surface area contributed by atoms with Crippen molar-refractivity contribution >= 4 is 35.2 Å². The zero-order chi connectivity index (χ0) is 16.8. The molecule has 6 nitrogen and oxygen atoms in total. The number of hydrogen-bond donors (Lipinski definition) is 3. The molecule has 0 radical (unpaired) electrons. The number of carbonyl (C=O) groups excluding carboxylic acids is 1. The van der Waals surface area contributed by atoms with Gasteiger partial charge in [-0.3, -0.25) is 0 Å². The standard InChI is InChI=1S/C14H22N2O4S2/c1-14(2,3)20-13(19)16-11(12(17)18)8-22-7-10(15)9-4-5-21-6-9/h4-6,10-11H,7-8,15H2,1-3H3,(H,16,19)(H,17,18)/t10?,11-/m0/s1. The van der Waals surface area contributed by atoms with Gasteiger partial charge in [0.15, 0.2) is 0 Å². The quantitative estimate of drug-likeness (QED) is 0.701. The highest BCUT2D eigenvalue weighted by molar-refractivity contribution is 7.99. The van der Waals surface area contributed by atoms with E-state index in [0.29, 0.717) is 5.75 Å². The Bertz CT molecular complexity index is 486. The van der Waals surface area contributed by atoms with Crippen molar-refractivity contribution in [2.75, 3.05) is 11.5 Å². The van der Waals surface area contributed by atoms with E-state index in [1.165, 1.54) is 11.8 Å². The van der Waals surface area contributed by atoms with E-state index >= 15 is 0 Å². The highest BCUT2D eigenvalue weighted by Gasteiger charge is 2.24. The van der Waals surface area contributed by atoms with E-state index in [2.05, 4.69) is 5.32 Å². The maximum Gasteiger partial charge on any atom is 0.408 e. The van der Waals surface area contributed by atoms with Crippen LogP contribution in [0, 0.1) is 0 Å². The lowest BCUT2D eigenvalue weighted by atomic mass is 10.2. The summed E-state index contributed by atoms with van der Waals surface area (Å²) in [7, 11) is 0. The van der Waals surface area contributed by atoms with Crippen LogP contribution in [-0.2, 0) is 9.53 Å². The summed E-state index contributed by atoms with van der Waals surface area (Å²) >= 11 is 2.95. The molecule has 1 unspecified atom stereocenters. The molecule has 22 heavy (non-hydrogen) atoms. The molecule has 4 N–H and O–H groups in total. The first-order valence-electron chi connectivity index (χ1n) is 6.77. The number of carbonyl (C=O) groups is 2. The number of aliphatic carboxylic acids is 1. The largest absolute Gasteiger partial charge is 0.480 e. The first kappa shape index (κ1) is 18.8. The zero-order valence-corrected chi connectivity index (χ0v) is 14.5. The highest BCUT2D eigenvalue weighted by atomic mass is 32.2. The van der Waals surface area contributed by atoms with Crippen LogP contribution in [0.25, 0.3) is 0 Å². The van der Waals surface area contributed by atoms with Gasteiger partial charge in [-0.05, 0) is 43.2 Å². The maximum atomic E-state index is 11.6. The molecule has 1 heterocycles. The minimum absolute atomic E-state index is 0.146.